The fourth-order valence-corrected chi connectivity index (χ4v) is 8.67. The van der Waals surface area contributed by atoms with Gasteiger partial charge in [-0.1, -0.05) is 74.7 Å². The summed E-state index contributed by atoms with van der Waals surface area (Å²) in [6.07, 6.45) is 4.11. The van der Waals surface area contributed by atoms with Gasteiger partial charge in [-0.25, -0.2) is 4.79 Å². The van der Waals surface area contributed by atoms with Crippen LogP contribution in [0.3, 0.4) is 0 Å². The van der Waals surface area contributed by atoms with Crippen LogP contribution in [0.15, 0.2) is 0 Å². The highest BCUT2D eigenvalue weighted by atomic mass is 28.4. The molecule has 0 amide bonds. The molecule has 0 aromatic carbocycles. The first-order chi connectivity index (χ1) is 10.2. The van der Waals surface area contributed by atoms with Gasteiger partial charge in [-0.15, -0.1) is 0 Å². The summed E-state index contributed by atoms with van der Waals surface area (Å²) in [5.41, 5.74) is 1.17. The average molecular weight is 331 g/mol. The predicted molar refractivity (Wildman–Crippen MR) is 96.8 cm³/mol. The van der Waals surface area contributed by atoms with Crippen molar-refractivity contribution < 1.29 is 14.0 Å². The summed E-state index contributed by atoms with van der Waals surface area (Å²) in [5, 5.41) is 0. The lowest BCUT2D eigenvalue weighted by atomic mass is 10.0. The lowest BCUT2D eigenvalue weighted by molar-refractivity contribution is 0.0758. The molecular formula is C18H38O3Si. The van der Waals surface area contributed by atoms with Crippen molar-refractivity contribution in [3.8, 4) is 0 Å². The maximum atomic E-state index is 12.3. The normalized spacial score (nSPS) is 13.8. The van der Waals surface area contributed by atoms with Gasteiger partial charge >= 0.3 is 6.16 Å². The highest BCUT2D eigenvalue weighted by Crippen LogP contribution is 2.42. The molecule has 0 radical (unpaired) electrons. The summed E-state index contributed by atoms with van der Waals surface area (Å²) in [6.45, 7) is 17.9. The quantitative estimate of drug-likeness (QED) is 0.337. The predicted octanol–water partition coefficient (Wildman–Crippen LogP) is 6.53. The smallest absolute Gasteiger partial charge is 0.488 e. The van der Waals surface area contributed by atoms with E-state index in [1.165, 1.54) is 12.8 Å². The molecule has 0 bridgehead atoms. The first kappa shape index (κ1) is 21.5. The maximum absolute atomic E-state index is 12.3. The van der Waals surface area contributed by atoms with Crippen LogP contribution in [-0.4, -0.2) is 21.1 Å². The molecular weight excluding hydrogens is 292 g/mol. The van der Waals surface area contributed by atoms with Crippen LogP contribution in [0.25, 0.3) is 0 Å². The van der Waals surface area contributed by atoms with Crippen LogP contribution in [-0.2, 0) is 9.16 Å². The van der Waals surface area contributed by atoms with Crippen LogP contribution >= 0.6 is 0 Å². The van der Waals surface area contributed by atoms with Crippen molar-refractivity contribution in [2.24, 2.45) is 5.92 Å². The Morgan fingerprint density at radius 3 is 1.82 bits per heavy atom. The monoisotopic (exact) mass is 330 g/mol. The standard InChI is InChI=1S/C18H38O3Si/c1-9-11-12-17(10-2)13-20-18(19)21-22(14(3)4,15(5)6)16(7)8/h14-17H,9-13H2,1-8H3. The Labute approximate surface area is 139 Å². The molecule has 0 saturated carbocycles. The van der Waals surface area contributed by atoms with Gasteiger partial charge < -0.3 is 9.16 Å². The lowest BCUT2D eigenvalue weighted by Crippen LogP contribution is -2.49. The molecule has 0 saturated heterocycles. The van der Waals surface area contributed by atoms with E-state index in [-0.39, 0.29) is 0 Å². The average Bonchev–Trinajstić information content (AvgIpc) is 2.43. The molecule has 0 aromatic heterocycles. The third-order valence-electron chi connectivity index (χ3n) is 4.95. The van der Waals surface area contributed by atoms with E-state index in [9.17, 15) is 4.79 Å². The first-order valence-electron chi connectivity index (χ1n) is 9.07. The third kappa shape index (κ3) is 5.94. The maximum Gasteiger partial charge on any atom is 0.494 e. The van der Waals surface area contributed by atoms with E-state index < -0.39 is 14.5 Å². The van der Waals surface area contributed by atoms with Gasteiger partial charge in [-0.05, 0) is 29.0 Å². The summed E-state index contributed by atoms with van der Waals surface area (Å²) < 4.78 is 11.5. The van der Waals surface area contributed by atoms with Crippen molar-refractivity contribution in [1.29, 1.82) is 0 Å². The van der Waals surface area contributed by atoms with Crippen molar-refractivity contribution in [3.05, 3.63) is 0 Å². The minimum absolute atomic E-state index is 0.391. The molecule has 132 valence electrons. The molecule has 0 aliphatic rings. The molecule has 0 aromatic rings. The molecule has 22 heavy (non-hydrogen) atoms. The summed E-state index contributed by atoms with van der Waals surface area (Å²) in [5.74, 6) is 0.459. The van der Waals surface area contributed by atoms with E-state index in [2.05, 4.69) is 55.4 Å². The van der Waals surface area contributed by atoms with Crippen molar-refractivity contribution in [1.82, 2.24) is 0 Å². The van der Waals surface area contributed by atoms with Gasteiger partial charge in [0.05, 0.1) is 6.61 Å². The van der Waals surface area contributed by atoms with Crippen LogP contribution < -0.4 is 0 Å². The Balaban J connectivity index is 4.71. The molecule has 1 atom stereocenters. The summed E-state index contributed by atoms with van der Waals surface area (Å²) in [6, 6.07) is 0. The molecule has 0 fully saturated rings. The van der Waals surface area contributed by atoms with Crippen LogP contribution in [0.4, 0.5) is 4.79 Å². The molecule has 4 heteroatoms. The molecule has 3 nitrogen and oxygen atoms in total. The van der Waals surface area contributed by atoms with Crippen LogP contribution in [0.2, 0.25) is 16.6 Å². The second-order valence-electron chi connectivity index (χ2n) is 7.40. The molecule has 0 spiro atoms. The Morgan fingerprint density at radius 1 is 0.955 bits per heavy atom. The Kier molecular flexibility index (Phi) is 10.1. The molecule has 0 aliphatic heterocycles. The van der Waals surface area contributed by atoms with E-state index in [0.717, 1.165) is 12.8 Å². The Hall–Kier alpha value is -0.513. The highest BCUT2D eigenvalue weighted by Gasteiger charge is 2.48. The van der Waals surface area contributed by atoms with Crippen molar-refractivity contribution in [2.45, 2.75) is 97.7 Å². The third-order valence-corrected chi connectivity index (χ3v) is 10.9. The zero-order chi connectivity index (χ0) is 17.3. The van der Waals surface area contributed by atoms with Crippen molar-refractivity contribution in [3.63, 3.8) is 0 Å². The van der Waals surface area contributed by atoms with E-state index in [1.54, 1.807) is 0 Å². The largest absolute Gasteiger partial charge is 0.494 e. The number of unbranched alkanes of at least 4 members (excludes halogenated alkanes) is 1. The van der Waals surface area contributed by atoms with E-state index in [1.807, 2.05) is 0 Å². The second kappa shape index (κ2) is 10.3. The first-order valence-corrected chi connectivity index (χ1v) is 11.2. The Morgan fingerprint density at radius 2 is 1.45 bits per heavy atom. The fourth-order valence-electron chi connectivity index (χ4n) is 3.61. The van der Waals surface area contributed by atoms with E-state index in [0.29, 0.717) is 29.1 Å². The van der Waals surface area contributed by atoms with Gasteiger partial charge in [0, 0.05) is 0 Å². The summed E-state index contributed by atoms with van der Waals surface area (Å²) in [7, 11) is -2.17. The van der Waals surface area contributed by atoms with Crippen LogP contribution in [0, 0.1) is 5.92 Å². The van der Waals surface area contributed by atoms with Gasteiger partial charge in [0.1, 0.15) is 0 Å². The number of ether oxygens (including phenoxy) is 1. The zero-order valence-electron chi connectivity index (χ0n) is 16.1. The van der Waals surface area contributed by atoms with E-state index >= 15 is 0 Å². The van der Waals surface area contributed by atoms with Crippen LogP contribution in [0.5, 0.6) is 0 Å². The lowest BCUT2D eigenvalue weighted by Gasteiger charge is -2.40. The minimum atomic E-state index is -2.17. The molecule has 0 rings (SSSR count). The topological polar surface area (TPSA) is 35.5 Å². The summed E-state index contributed by atoms with van der Waals surface area (Å²) in [4.78, 5) is 12.3. The molecule has 0 N–H and O–H groups in total. The highest BCUT2D eigenvalue weighted by molar-refractivity contribution is 6.78. The number of carbonyl (C=O) groups excluding carboxylic acids is 1. The van der Waals surface area contributed by atoms with Gasteiger partial charge in [-0.2, -0.15) is 0 Å². The Bertz CT molecular complexity index is 292. The van der Waals surface area contributed by atoms with Gasteiger partial charge in [0.25, 0.3) is 8.32 Å². The minimum Gasteiger partial charge on any atom is -0.488 e. The summed E-state index contributed by atoms with van der Waals surface area (Å²) >= 11 is 0. The fraction of sp³-hybridized carbons (Fsp3) is 0.944. The van der Waals surface area contributed by atoms with Crippen LogP contribution in [0.1, 0.15) is 81.1 Å². The van der Waals surface area contributed by atoms with Gasteiger partial charge in [0.2, 0.25) is 0 Å². The molecule has 1 unspecified atom stereocenters. The molecule has 0 aliphatic carbocycles. The zero-order valence-corrected chi connectivity index (χ0v) is 17.1. The second-order valence-corrected chi connectivity index (χ2v) is 12.8. The van der Waals surface area contributed by atoms with Gasteiger partial charge in [-0.3, -0.25) is 0 Å². The van der Waals surface area contributed by atoms with E-state index in [4.69, 9.17) is 9.16 Å². The van der Waals surface area contributed by atoms with Crippen molar-refractivity contribution >= 4 is 14.5 Å². The van der Waals surface area contributed by atoms with Crippen molar-refractivity contribution in [2.75, 3.05) is 6.61 Å². The molecule has 0 heterocycles. The SMILES string of the molecule is CCCCC(CC)COC(=O)O[Si](C(C)C)(C(C)C)C(C)C. The number of rotatable bonds is 10. The van der Waals surface area contributed by atoms with Gasteiger partial charge in [0.15, 0.2) is 0 Å². The number of hydrogen-bond acceptors (Lipinski definition) is 3. The number of carbonyl (C=O) groups is 1. The number of hydrogen-bond donors (Lipinski definition) is 0.